The number of halogens is 1. The lowest BCUT2D eigenvalue weighted by atomic mass is 10.0. The molecular weight excluding hydrogens is 553 g/mol. The summed E-state index contributed by atoms with van der Waals surface area (Å²) >= 11 is 1.17. The van der Waals surface area contributed by atoms with E-state index in [0.29, 0.717) is 22.2 Å². The summed E-state index contributed by atoms with van der Waals surface area (Å²) in [5.74, 6) is -0.820. The zero-order valence-corrected chi connectivity index (χ0v) is 25.1. The molecule has 4 aromatic rings. The summed E-state index contributed by atoms with van der Waals surface area (Å²) in [7, 11) is 5.39. The van der Waals surface area contributed by atoms with Crippen LogP contribution < -0.4 is 15.0 Å². The number of rotatable bonds is 11. The molecule has 4 rings (SSSR count). The van der Waals surface area contributed by atoms with Gasteiger partial charge >= 0.3 is 0 Å². The molecule has 1 unspecified atom stereocenters. The lowest BCUT2D eigenvalue weighted by Crippen LogP contribution is -2.42. The number of benzene rings is 3. The van der Waals surface area contributed by atoms with Crippen LogP contribution in [0.15, 0.2) is 84.0 Å². The maximum Gasteiger partial charge on any atom is 0.251 e. The molecule has 1 N–H and O–H groups in total. The van der Waals surface area contributed by atoms with Gasteiger partial charge in [-0.05, 0) is 67.9 Å². The van der Waals surface area contributed by atoms with Crippen LogP contribution in [0.25, 0.3) is 0 Å². The van der Waals surface area contributed by atoms with E-state index in [-0.39, 0.29) is 23.8 Å². The summed E-state index contributed by atoms with van der Waals surface area (Å²) in [6.45, 7) is 3.59. The topological polar surface area (TPSA) is 87.7 Å². The van der Waals surface area contributed by atoms with E-state index in [4.69, 9.17) is 4.74 Å². The van der Waals surface area contributed by atoms with E-state index in [1.807, 2.05) is 51.0 Å². The highest BCUT2D eigenvalue weighted by Gasteiger charge is 2.33. The maximum atomic E-state index is 14.9. The molecule has 0 saturated carbocycles. The van der Waals surface area contributed by atoms with E-state index in [2.05, 4.69) is 15.3 Å². The predicted octanol–water partition coefficient (Wildman–Crippen LogP) is 5.81. The Morgan fingerprint density at radius 3 is 2.29 bits per heavy atom. The van der Waals surface area contributed by atoms with Crippen molar-refractivity contribution in [2.45, 2.75) is 31.6 Å². The Hall–Kier alpha value is -4.44. The first-order chi connectivity index (χ1) is 20.1. The Labute approximate surface area is 249 Å². The summed E-state index contributed by atoms with van der Waals surface area (Å²) in [5.41, 5.74) is 3.92. The maximum absolute atomic E-state index is 14.9. The molecule has 1 aromatic heterocycles. The summed E-state index contributed by atoms with van der Waals surface area (Å²) < 4.78 is 20.3. The fourth-order valence-electron chi connectivity index (χ4n) is 4.44. The molecule has 0 fully saturated rings. The minimum Gasteiger partial charge on any atom is -0.497 e. The molecule has 0 radical (unpaired) electrons. The average Bonchev–Trinajstić information content (AvgIpc) is 2.96. The number of hydrogen-bond acceptors (Lipinski definition) is 7. The summed E-state index contributed by atoms with van der Waals surface area (Å²) in [4.78, 5) is 40.2. The molecule has 42 heavy (non-hydrogen) atoms. The molecule has 0 aliphatic rings. The zero-order chi connectivity index (χ0) is 30.2. The van der Waals surface area contributed by atoms with Gasteiger partial charge in [0.25, 0.3) is 5.91 Å². The van der Waals surface area contributed by atoms with Crippen LogP contribution in [0.2, 0.25) is 0 Å². The van der Waals surface area contributed by atoms with Crippen molar-refractivity contribution in [3.8, 4) is 5.75 Å². The van der Waals surface area contributed by atoms with Gasteiger partial charge in [0.1, 0.15) is 17.6 Å². The largest absolute Gasteiger partial charge is 0.497 e. The lowest BCUT2D eigenvalue weighted by Gasteiger charge is -2.32. The molecule has 1 atom stereocenters. The van der Waals surface area contributed by atoms with Crippen molar-refractivity contribution < 1.29 is 18.7 Å². The number of aryl methyl sites for hydroxylation is 2. The second-order valence-corrected chi connectivity index (χ2v) is 10.9. The van der Waals surface area contributed by atoms with Gasteiger partial charge in [-0.3, -0.25) is 9.59 Å². The predicted molar refractivity (Wildman–Crippen MR) is 164 cm³/mol. The molecule has 10 heteroatoms. The van der Waals surface area contributed by atoms with Gasteiger partial charge in [-0.15, -0.1) is 0 Å². The first-order valence-electron chi connectivity index (χ1n) is 13.3. The molecule has 2 amide bonds. The van der Waals surface area contributed by atoms with E-state index in [0.717, 1.165) is 17.1 Å². The zero-order valence-electron chi connectivity index (χ0n) is 24.3. The van der Waals surface area contributed by atoms with E-state index < -0.39 is 17.8 Å². The van der Waals surface area contributed by atoms with Gasteiger partial charge in [0.05, 0.1) is 12.9 Å². The van der Waals surface area contributed by atoms with Crippen molar-refractivity contribution in [3.05, 3.63) is 107 Å². The van der Waals surface area contributed by atoms with Gasteiger partial charge in [0.2, 0.25) is 5.91 Å². The molecule has 0 spiro atoms. The molecule has 0 bridgehead atoms. The lowest BCUT2D eigenvalue weighted by molar-refractivity contribution is -0.137. The smallest absolute Gasteiger partial charge is 0.251 e. The van der Waals surface area contributed by atoms with Gasteiger partial charge in [-0.1, -0.05) is 42.1 Å². The first kappa shape index (κ1) is 30.5. The SMILES string of the molecule is COc1cccc(C(C(=O)Nc2ccc(N(C)C)cc2)N(Cc2ccccc2F)C(=O)CSc2nc(C)cc(C)n2)c1. The molecule has 218 valence electrons. The molecule has 8 nitrogen and oxygen atoms in total. The third-order valence-corrected chi connectivity index (χ3v) is 7.36. The van der Waals surface area contributed by atoms with Crippen LogP contribution in [0.1, 0.15) is 28.6 Å². The minimum absolute atomic E-state index is 0.0530. The Morgan fingerprint density at radius 2 is 1.64 bits per heavy atom. The number of methoxy groups -OCH3 is 1. The second kappa shape index (κ2) is 14.0. The van der Waals surface area contributed by atoms with Gasteiger partial charge < -0.3 is 19.9 Å². The third kappa shape index (κ3) is 7.85. The molecule has 0 saturated heterocycles. The highest BCUT2D eigenvalue weighted by molar-refractivity contribution is 7.99. The van der Waals surface area contributed by atoms with Crippen LogP contribution in [0.4, 0.5) is 15.8 Å². The van der Waals surface area contributed by atoms with Crippen LogP contribution in [0.5, 0.6) is 5.75 Å². The number of carbonyl (C=O) groups is 2. The molecule has 3 aromatic carbocycles. The van der Waals surface area contributed by atoms with Crippen LogP contribution >= 0.6 is 11.8 Å². The van der Waals surface area contributed by atoms with Crippen molar-refractivity contribution >= 4 is 35.0 Å². The fourth-order valence-corrected chi connectivity index (χ4v) is 5.27. The van der Waals surface area contributed by atoms with Gasteiger partial charge in [0.15, 0.2) is 5.16 Å². The van der Waals surface area contributed by atoms with Gasteiger partial charge in [0, 0.05) is 49.0 Å². The highest BCUT2D eigenvalue weighted by Crippen LogP contribution is 2.30. The Bertz CT molecular complexity index is 1530. The van der Waals surface area contributed by atoms with Crippen molar-refractivity contribution in [2.75, 3.05) is 37.2 Å². The standard InChI is InChI=1S/C32H34FN5O3S/c1-21-17-22(2)35-32(34-21)42-20-29(39)38(19-24-9-6-7-12-28(24)33)30(23-10-8-11-27(18-23)41-5)31(40)36-25-13-15-26(16-14-25)37(3)4/h6-18,30H,19-20H2,1-5H3,(H,36,40). The van der Waals surface area contributed by atoms with Crippen LogP contribution in [0, 0.1) is 19.7 Å². The third-order valence-electron chi connectivity index (χ3n) is 6.53. The minimum atomic E-state index is -1.10. The normalized spacial score (nSPS) is 11.5. The number of amides is 2. The molecular formula is C32H34FN5O3S. The van der Waals surface area contributed by atoms with Crippen molar-refractivity contribution in [3.63, 3.8) is 0 Å². The number of hydrogen-bond donors (Lipinski definition) is 1. The monoisotopic (exact) mass is 587 g/mol. The van der Waals surface area contributed by atoms with Crippen LogP contribution in [-0.2, 0) is 16.1 Å². The van der Waals surface area contributed by atoms with E-state index in [1.54, 1.807) is 54.6 Å². The molecule has 0 aliphatic heterocycles. The quantitative estimate of drug-likeness (QED) is 0.175. The highest BCUT2D eigenvalue weighted by atomic mass is 32.2. The van der Waals surface area contributed by atoms with Gasteiger partial charge in [-0.2, -0.15) is 0 Å². The van der Waals surface area contributed by atoms with E-state index >= 15 is 0 Å². The Morgan fingerprint density at radius 1 is 0.952 bits per heavy atom. The number of ether oxygens (including phenoxy) is 1. The summed E-state index contributed by atoms with van der Waals surface area (Å²) in [6, 6.07) is 21.3. The number of thioether (sulfide) groups is 1. The average molecular weight is 588 g/mol. The van der Waals surface area contributed by atoms with Crippen molar-refractivity contribution in [1.82, 2.24) is 14.9 Å². The van der Waals surface area contributed by atoms with E-state index in [9.17, 15) is 14.0 Å². The van der Waals surface area contributed by atoms with Crippen LogP contribution in [0.3, 0.4) is 0 Å². The van der Waals surface area contributed by atoms with Crippen molar-refractivity contribution in [2.24, 2.45) is 0 Å². The van der Waals surface area contributed by atoms with Gasteiger partial charge in [-0.25, -0.2) is 14.4 Å². The van der Waals surface area contributed by atoms with Crippen molar-refractivity contribution in [1.29, 1.82) is 0 Å². The summed E-state index contributed by atoms with van der Waals surface area (Å²) in [6.07, 6.45) is 0. The number of aromatic nitrogens is 2. The Balaban J connectivity index is 1.73. The van der Waals surface area contributed by atoms with Crippen LogP contribution in [-0.4, -0.2) is 53.6 Å². The first-order valence-corrected chi connectivity index (χ1v) is 14.3. The number of anilines is 2. The Kier molecular flexibility index (Phi) is 10.1. The fraction of sp³-hybridized carbons (Fsp3) is 0.250. The second-order valence-electron chi connectivity index (χ2n) is 9.94. The molecule has 1 heterocycles. The molecule has 0 aliphatic carbocycles. The summed E-state index contributed by atoms with van der Waals surface area (Å²) in [5, 5.41) is 3.40. The number of carbonyl (C=O) groups excluding carboxylic acids is 2. The number of nitrogens with one attached hydrogen (secondary N) is 1. The number of nitrogens with zero attached hydrogens (tertiary/aromatic N) is 4. The van der Waals surface area contributed by atoms with E-state index in [1.165, 1.54) is 29.8 Å².